The summed E-state index contributed by atoms with van der Waals surface area (Å²) in [5, 5.41) is 3.04. The average molecular weight is 1080 g/mol. The highest BCUT2D eigenvalue weighted by molar-refractivity contribution is 7.45. The Kier molecular flexibility index (Phi) is 55.1. The number of amides is 1. The molecule has 0 heterocycles. The molecule has 0 aliphatic heterocycles. The number of carbonyl (C=O) groups excluding carboxylic acids is 2. The maximum absolute atomic E-state index is 13.5. The van der Waals surface area contributed by atoms with Gasteiger partial charge in [0.15, 0.2) is 0 Å². The normalized spacial score (nSPS) is 13.6. The molecular weight excluding hydrogens is 952 g/mol. The number of nitrogens with zero attached hydrogens (tertiary/aromatic N) is 1. The fraction of sp³-hybridized carbons (Fsp3) is 0.938. The fourth-order valence-corrected chi connectivity index (χ4v) is 10.8. The minimum Gasteiger partial charge on any atom is -0.756 e. The molecule has 0 spiro atoms. The smallest absolute Gasteiger partial charge is 0.306 e. The van der Waals surface area contributed by atoms with Gasteiger partial charge in [0.05, 0.1) is 33.8 Å². The van der Waals surface area contributed by atoms with Gasteiger partial charge >= 0.3 is 5.97 Å². The van der Waals surface area contributed by atoms with Crippen LogP contribution in [0.4, 0.5) is 0 Å². The van der Waals surface area contributed by atoms with Gasteiger partial charge in [0.1, 0.15) is 19.3 Å². The van der Waals surface area contributed by atoms with Crippen LogP contribution in [0.25, 0.3) is 0 Å². The van der Waals surface area contributed by atoms with Crippen molar-refractivity contribution in [3.63, 3.8) is 0 Å². The Bertz CT molecular complexity index is 1290. The second-order valence-corrected chi connectivity index (χ2v) is 25.4. The van der Waals surface area contributed by atoms with Crippen LogP contribution >= 0.6 is 7.82 Å². The van der Waals surface area contributed by atoms with Crippen molar-refractivity contribution in [2.75, 3.05) is 40.9 Å². The van der Waals surface area contributed by atoms with E-state index in [4.69, 9.17) is 13.8 Å². The Hall–Kier alpha value is -1.25. The fourth-order valence-electron chi connectivity index (χ4n) is 10.1. The minimum absolute atomic E-state index is 0.0167. The molecule has 10 heteroatoms. The number of likely N-dealkylation sites (N-methyl/N-ethyl adjacent to an activating group) is 1. The van der Waals surface area contributed by atoms with Crippen LogP contribution in [0.15, 0.2) is 12.2 Å². The molecule has 446 valence electrons. The van der Waals surface area contributed by atoms with E-state index in [0.717, 1.165) is 57.8 Å². The third-order valence-electron chi connectivity index (χ3n) is 15.2. The SMILES string of the molecule is CCCCCCCCCCCCC/C=C\C(OC(=O)CCCCCCCCCCCCCCCCCCCCCCCCC)C(COP(=O)([O-])OCC[N+](C)(C)C)NC(=O)CCCCCCCCCCCCCCC. The molecule has 3 atom stereocenters. The summed E-state index contributed by atoms with van der Waals surface area (Å²) in [6.45, 7) is 6.90. The van der Waals surface area contributed by atoms with Gasteiger partial charge in [-0.2, -0.15) is 0 Å². The van der Waals surface area contributed by atoms with Crippen LogP contribution in [-0.4, -0.2) is 69.4 Å². The van der Waals surface area contributed by atoms with Crippen molar-refractivity contribution in [1.82, 2.24) is 5.32 Å². The number of allylic oxidation sites excluding steroid dienone is 1. The molecule has 0 bridgehead atoms. The average Bonchev–Trinajstić information content (AvgIpc) is 3.37. The van der Waals surface area contributed by atoms with Crippen LogP contribution in [0.3, 0.4) is 0 Å². The number of carbonyl (C=O) groups is 2. The Labute approximate surface area is 467 Å². The van der Waals surface area contributed by atoms with Crippen LogP contribution in [0.1, 0.15) is 342 Å². The number of unbranched alkanes of at least 4 members (excludes halogenated alkanes) is 45. The number of phosphoric acid groups is 1. The molecular formula is C65H129N2O7P. The molecule has 0 aromatic carbocycles. The first kappa shape index (κ1) is 73.8. The Morgan fingerprint density at radius 1 is 0.453 bits per heavy atom. The summed E-state index contributed by atoms with van der Waals surface area (Å²) in [5.74, 6) is -0.518. The first-order valence-electron chi connectivity index (χ1n) is 33.0. The van der Waals surface area contributed by atoms with Gasteiger partial charge < -0.3 is 28.5 Å². The van der Waals surface area contributed by atoms with Crippen LogP contribution in [0, 0.1) is 0 Å². The molecule has 9 nitrogen and oxygen atoms in total. The number of ether oxygens (including phenoxy) is 1. The zero-order valence-corrected chi connectivity index (χ0v) is 51.9. The van der Waals surface area contributed by atoms with E-state index in [2.05, 4.69) is 26.1 Å². The number of esters is 1. The van der Waals surface area contributed by atoms with Gasteiger partial charge in [0, 0.05) is 12.8 Å². The first-order valence-corrected chi connectivity index (χ1v) is 34.5. The van der Waals surface area contributed by atoms with E-state index in [1.807, 2.05) is 33.3 Å². The van der Waals surface area contributed by atoms with Gasteiger partial charge in [-0.25, -0.2) is 0 Å². The van der Waals surface area contributed by atoms with E-state index < -0.39 is 20.0 Å². The van der Waals surface area contributed by atoms with Crippen molar-refractivity contribution in [2.24, 2.45) is 0 Å². The van der Waals surface area contributed by atoms with Crippen LogP contribution < -0.4 is 10.2 Å². The molecule has 1 amide bonds. The molecule has 75 heavy (non-hydrogen) atoms. The molecule has 1 N–H and O–H groups in total. The molecule has 0 aromatic rings. The third kappa shape index (κ3) is 57.3. The van der Waals surface area contributed by atoms with Crippen molar-refractivity contribution in [2.45, 2.75) is 354 Å². The van der Waals surface area contributed by atoms with Crippen molar-refractivity contribution in [3.05, 3.63) is 12.2 Å². The van der Waals surface area contributed by atoms with Crippen molar-refractivity contribution in [3.8, 4) is 0 Å². The number of phosphoric ester groups is 1. The molecule has 0 rings (SSSR count). The third-order valence-corrected chi connectivity index (χ3v) is 16.2. The Balaban J connectivity index is 5.09. The van der Waals surface area contributed by atoms with E-state index >= 15 is 0 Å². The highest BCUT2D eigenvalue weighted by Gasteiger charge is 2.27. The first-order chi connectivity index (χ1) is 36.4. The lowest BCUT2D eigenvalue weighted by atomic mass is 10.0. The van der Waals surface area contributed by atoms with Crippen molar-refractivity contribution in [1.29, 1.82) is 0 Å². The van der Waals surface area contributed by atoms with Crippen molar-refractivity contribution < 1.29 is 37.3 Å². The van der Waals surface area contributed by atoms with E-state index in [0.29, 0.717) is 17.4 Å². The monoisotopic (exact) mass is 1080 g/mol. The largest absolute Gasteiger partial charge is 0.756 e. The molecule has 0 saturated carbocycles. The summed E-state index contributed by atoms with van der Waals surface area (Å²) in [7, 11) is 1.21. The number of nitrogens with one attached hydrogen (secondary N) is 1. The number of hydrogen-bond acceptors (Lipinski definition) is 7. The lowest BCUT2D eigenvalue weighted by Gasteiger charge is -2.30. The van der Waals surface area contributed by atoms with Crippen LogP contribution in [0.2, 0.25) is 0 Å². The zero-order valence-electron chi connectivity index (χ0n) is 51.0. The van der Waals surface area contributed by atoms with Gasteiger partial charge in [-0.3, -0.25) is 14.2 Å². The van der Waals surface area contributed by atoms with Crippen LogP contribution in [0.5, 0.6) is 0 Å². The summed E-state index contributed by atoms with van der Waals surface area (Å²) >= 11 is 0. The molecule has 0 aliphatic rings. The topological polar surface area (TPSA) is 114 Å². The maximum atomic E-state index is 13.5. The molecule has 0 aliphatic carbocycles. The molecule has 0 fully saturated rings. The Morgan fingerprint density at radius 2 is 0.760 bits per heavy atom. The zero-order chi connectivity index (χ0) is 55.0. The number of quaternary nitrogens is 1. The standard InChI is InChI=1S/C65H129N2O7P/c1-7-10-13-16-19-22-25-28-29-30-31-32-33-34-35-36-37-40-43-46-49-52-55-58-65(69)74-63(56-53-50-47-44-41-38-26-23-20-17-14-11-8-2)62(61-73-75(70,71)72-60-59-67(4,5)6)66-64(68)57-54-51-48-45-42-39-27-24-21-18-15-12-9-3/h53,56,62-63H,7-52,54-55,57-61H2,1-6H3,(H-,66,68,70,71)/b56-53-. The maximum Gasteiger partial charge on any atom is 0.306 e. The predicted molar refractivity (Wildman–Crippen MR) is 321 cm³/mol. The van der Waals surface area contributed by atoms with Gasteiger partial charge in [-0.1, -0.05) is 309 Å². The highest BCUT2D eigenvalue weighted by atomic mass is 31.2. The minimum atomic E-state index is -4.69. The van der Waals surface area contributed by atoms with Gasteiger partial charge in [0.2, 0.25) is 5.91 Å². The summed E-state index contributed by atoms with van der Waals surface area (Å²) in [5.41, 5.74) is 0. The van der Waals surface area contributed by atoms with E-state index in [9.17, 15) is 19.0 Å². The van der Waals surface area contributed by atoms with Crippen molar-refractivity contribution >= 4 is 19.7 Å². The number of rotatable bonds is 61. The lowest BCUT2D eigenvalue weighted by Crippen LogP contribution is -2.47. The second-order valence-electron chi connectivity index (χ2n) is 24.0. The highest BCUT2D eigenvalue weighted by Crippen LogP contribution is 2.38. The predicted octanol–water partition coefficient (Wildman–Crippen LogP) is 19.7. The molecule has 0 aromatic heterocycles. The van der Waals surface area contributed by atoms with Gasteiger partial charge in [-0.15, -0.1) is 0 Å². The van der Waals surface area contributed by atoms with E-state index in [1.165, 1.54) is 250 Å². The van der Waals surface area contributed by atoms with E-state index in [1.54, 1.807) is 0 Å². The summed E-state index contributed by atoms with van der Waals surface area (Å²) in [6.07, 6.45) is 64.7. The number of hydrogen-bond donors (Lipinski definition) is 1. The molecule has 0 radical (unpaired) electrons. The van der Waals surface area contributed by atoms with Gasteiger partial charge in [-0.05, 0) is 31.8 Å². The molecule has 3 unspecified atom stereocenters. The van der Waals surface area contributed by atoms with Gasteiger partial charge in [0.25, 0.3) is 7.82 Å². The quantitative estimate of drug-likeness (QED) is 0.0212. The molecule has 0 saturated heterocycles. The summed E-state index contributed by atoms with van der Waals surface area (Å²) in [6, 6.07) is -0.879. The summed E-state index contributed by atoms with van der Waals surface area (Å²) < 4.78 is 30.4. The second kappa shape index (κ2) is 56.0. The summed E-state index contributed by atoms with van der Waals surface area (Å²) in [4.78, 5) is 40.0. The van der Waals surface area contributed by atoms with E-state index in [-0.39, 0.29) is 31.5 Å². The van der Waals surface area contributed by atoms with Crippen LogP contribution in [-0.2, 0) is 27.9 Å². The lowest BCUT2D eigenvalue weighted by molar-refractivity contribution is -0.870. The Morgan fingerprint density at radius 3 is 1.09 bits per heavy atom.